The second-order valence-electron chi connectivity index (χ2n) is 9.06. The van der Waals surface area contributed by atoms with Gasteiger partial charge in [-0.15, -0.1) is 0 Å². The van der Waals surface area contributed by atoms with Crippen molar-refractivity contribution in [3.63, 3.8) is 0 Å². The molecule has 4 aromatic rings. The zero-order chi connectivity index (χ0) is 24.5. The fourth-order valence-corrected chi connectivity index (χ4v) is 4.70. The fourth-order valence-electron chi connectivity index (χ4n) is 4.70. The molecule has 0 saturated heterocycles. The first-order valence-electron chi connectivity index (χ1n) is 12.0. The van der Waals surface area contributed by atoms with E-state index in [0.717, 1.165) is 33.3 Å². The number of hydrogen-bond acceptors (Lipinski definition) is 4. The van der Waals surface area contributed by atoms with E-state index in [1.165, 1.54) is 12.8 Å². The lowest BCUT2D eigenvalue weighted by Gasteiger charge is -2.11. The van der Waals surface area contributed by atoms with E-state index in [2.05, 4.69) is 0 Å². The summed E-state index contributed by atoms with van der Waals surface area (Å²) in [7, 11) is 1.61. The lowest BCUT2D eigenvalue weighted by atomic mass is 9.96. The Morgan fingerprint density at radius 3 is 2.49 bits per heavy atom. The molecule has 2 N–H and O–H groups in total. The molecule has 6 nitrogen and oxygen atoms in total. The minimum Gasteiger partial charge on any atom is -0.508 e. The van der Waals surface area contributed by atoms with Gasteiger partial charge in [0.05, 0.1) is 19.2 Å². The molecule has 180 valence electrons. The normalized spacial score (nSPS) is 13.2. The van der Waals surface area contributed by atoms with E-state index in [0.29, 0.717) is 36.8 Å². The van der Waals surface area contributed by atoms with Crippen LogP contribution in [0.3, 0.4) is 0 Å². The molecule has 0 spiro atoms. The quantitative estimate of drug-likeness (QED) is 0.307. The maximum atomic E-state index is 12.7. The molecule has 0 bridgehead atoms. The average Bonchev–Trinajstić information content (AvgIpc) is 3.64. The van der Waals surface area contributed by atoms with Gasteiger partial charge in [0.2, 0.25) is 0 Å². The molecule has 1 aromatic heterocycles. The van der Waals surface area contributed by atoms with Crippen LogP contribution in [0.4, 0.5) is 0 Å². The first-order valence-corrected chi connectivity index (χ1v) is 12.0. The predicted octanol–water partition coefficient (Wildman–Crippen LogP) is 6.12. The van der Waals surface area contributed by atoms with Gasteiger partial charge in [-0.05, 0) is 72.7 Å². The largest absolute Gasteiger partial charge is 0.508 e. The van der Waals surface area contributed by atoms with Gasteiger partial charge in [0.1, 0.15) is 22.9 Å². The molecule has 1 heterocycles. The van der Waals surface area contributed by atoms with E-state index in [-0.39, 0.29) is 11.4 Å². The van der Waals surface area contributed by atoms with E-state index in [9.17, 15) is 15.0 Å². The van der Waals surface area contributed by atoms with Crippen LogP contribution in [0.5, 0.6) is 17.2 Å². The molecule has 0 amide bonds. The van der Waals surface area contributed by atoms with Gasteiger partial charge in [-0.1, -0.05) is 31.2 Å². The third kappa shape index (κ3) is 4.44. The van der Waals surface area contributed by atoms with Gasteiger partial charge in [0, 0.05) is 23.1 Å². The molecule has 0 atom stereocenters. The summed E-state index contributed by atoms with van der Waals surface area (Å²) in [5, 5.41) is 21.8. The van der Waals surface area contributed by atoms with E-state index in [4.69, 9.17) is 9.47 Å². The number of phenols is 1. The summed E-state index contributed by atoms with van der Waals surface area (Å²) >= 11 is 0. The number of phenolic OH excluding ortho intramolecular Hbond substituents is 1. The number of nitrogens with zero attached hydrogens (tertiary/aromatic N) is 1. The number of benzene rings is 3. The van der Waals surface area contributed by atoms with Crippen LogP contribution in [0.1, 0.15) is 41.4 Å². The molecular weight excluding hydrogens is 442 g/mol. The Morgan fingerprint density at radius 1 is 1.06 bits per heavy atom. The number of fused-ring (bicyclic) bond motifs is 1. The molecule has 6 heteroatoms. The van der Waals surface area contributed by atoms with Crippen LogP contribution >= 0.6 is 0 Å². The van der Waals surface area contributed by atoms with Crippen molar-refractivity contribution in [2.45, 2.75) is 32.7 Å². The van der Waals surface area contributed by atoms with Gasteiger partial charge in [0.25, 0.3) is 0 Å². The summed E-state index contributed by atoms with van der Waals surface area (Å²) in [6.07, 6.45) is 3.01. The molecule has 1 saturated carbocycles. The summed E-state index contributed by atoms with van der Waals surface area (Å²) in [6.45, 7) is 3.03. The molecule has 3 aromatic carbocycles. The highest BCUT2D eigenvalue weighted by molar-refractivity contribution is 6.10. The number of aromatic hydroxyl groups is 1. The Kier molecular flexibility index (Phi) is 6.12. The van der Waals surface area contributed by atoms with Crippen LogP contribution in [-0.4, -0.2) is 34.5 Å². The smallest absolute Gasteiger partial charge is 0.353 e. The number of methoxy groups -OCH3 is 1. The van der Waals surface area contributed by atoms with Crippen molar-refractivity contribution in [2.75, 3.05) is 13.7 Å². The monoisotopic (exact) mass is 471 g/mol. The van der Waals surface area contributed by atoms with E-state index < -0.39 is 5.97 Å². The highest BCUT2D eigenvalue weighted by Crippen LogP contribution is 2.41. The fraction of sp³-hybridized carbons (Fsp3) is 0.276. The van der Waals surface area contributed by atoms with Crippen molar-refractivity contribution in [1.29, 1.82) is 0 Å². The number of carboxylic acids is 1. The second kappa shape index (κ2) is 9.37. The maximum absolute atomic E-state index is 12.7. The number of rotatable bonds is 9. The second-order valence-corrected chi connectivity index (χ2v) is 9.06. The third-order valence-corrected chi connectivity index (χ3v) is 6.67. The van der Waals surface area contributed by atoms with Crippen LogP contribution in [-0.2, 0) is 13.0 Å². The summed E-state index contributed by atoms with van der Waals surface area (Å²) in [4.78, 5) is 12.7. The predicted molar refractivity (Wildman–Crippen MR) is 136 cm³/mol. The number of carboxylic acid groups (broad SMARTS) is 1. The minimum absolute atomic E-state index is 0.168. The molecule has 0 aliphatic heterocycles. The van der Waals surface area contributed by atoms with Gasteiger partial charge in [0.15, 0.2) is 0 Å². The van der Waals surface area contributed by atoms with Crippen molar-refractivity contribution in [3.8, 4) is 28.4 Å². The van der Waals surface area contributed by atoms with E-state index >= 15 is 0 Å². The van der Waals surface area contributed by atoms with Crippen LogP contribution in [0.25, 0.3) is 22.0 Å². The van der Waals surface area contributed by atoms with Crippen molar-refractivity contribution in [3.05, 3.63) is 77.5 Å². The van der Waals surface area contributed by atoms with Crippen molar-refractivity contribution in [1.82, 2.24) is 4.57 Å². The Hall–Kier alpha value is -3.93. The number of aromatic carboxylic acids is 1. The van der Waals surface area contributed by atoms with Gasteiger partial charge in [-0.3, -0.25) is 0 Å². The van der Waals surface area contributed by atoms with Crippen LogP contribution < -0.4 is 9.47 Å². The van der Waals surface area contributed by atoms with Crippen LogP contribution in [0.15, 0.2) is 60.7 Å². The van der Waals surface area contributed by atoms with Gasteiger partial charge < -0.3 is 24.3 Å². The lowest BCUT2D eigenvalue weighted by molar-refractivity contribution is 0.0687. The van der Waals surface area contributed by atoms with Crippen LogP contribution in [0, 0.1) is 5.92 Å². The summed E-state index contributed by atoms with van der Waals surface area (Å²) in [6, 6.07) is 18.7. The minimum atomic E-state index is -1.02. The third-order valence-electron chi connectivity index (χ3n) is 6.67. The number of ether oxygens (including phenoxy) is 2. The molecule has 1 aliphatic carbocycles. The molecule has 35 heavy (non-hydrogen) atoms. The van der Waals surface area contributed by atoms with E-state index in [1.807, 2.05) is 60.0 Å². The highest BCUT2D eigenvalue weighted by atomic mass is 16.5. The Labute approximate surface area is 204 Å². The number of aromatic nitrogens is 1. The molecule has 0 radical (unpaired) electrons. The van der Waals surface area contributed by atoms with Crippen molar-refractivity contribution >= 4 is 16.9 Å². The first kappa shape index (κ1) is 22.8. The number of aryl methyl sites for hydroxylation is 1. The van der Waals surface area contributed by atoms with Crippen molar-refractivity contribution < 1.29 is 24.5 Å². The van der Waals surface area contributed by atoms with Gasteiger partial charge >= 0.3 is 5.97 Å². The molecule has 1 aliphatic rings. The Bertz CT molecular complexity index is 1380. The Balaban J connectivity index is 1.68. The van der Waals surface area contributed by atoms with Crippen LogP contribution in [0.2, 0.25) is 0 Å². The SMILES string of the molecule is CCc1c(O)ccc2c1c(-c1ccc(OCC3CC3)cc1)c(C(=O)O)n2Cc1cccc(OC)c1. The van der Waals surface area contributed by atoms with Crippen molar-refractivity contribution in [2.24, 2.45) is 5.92 Å². The zero-order valence-corrected chi connectivity index (χ0v) is 20.0. The molecule has 0 unspecified atom stereocenters. The lowest BCUT2D eigenvalue weighted by Crippen LogP contribution is -2.10. The number of hydrogen-bond donors (Lipinski definition) is 2. The highest BCUT2D eigenvalue weighted by Gasteiger charge is 2.27. The summed E-state index contributed by atoms with van der Waals surface area (Å²) in [5.41, 5.74) is 4.00. The molecule has 5 rings (SSSR count). The standard InChI is InChI=1S/C29H29NO5/c1-3-23-25(31)14-13-24-27(23)26(20-9-11-21(12-10-20)35-17-18-7-8-18)28(29(32)33)30(24)16-19-5-4-6-22(15-19)34-2/h4-6,9-15,18,31H,3,7-8,16-17H2,1-2H3,(H,32,33). The topological polar surface area (TPSA) is 80.9 Å². The van der Waals surface area contributed by atoms with E-state index in [1.54, 1.807) is 19.2 Å². The molecular formula is C29H29NO5. The summed E-state index contributed by atoms with van der Waals surface area (Å²) < 4.78 is 13.1. The number of carbonyl (C=O) groups is 1. The molecule has 1 fully saturated rings. The summed E-state index contributed by atoms with van der Waals surface area (Å²) in [5.74, 6) is 1.29. The zero-order valence-electron chi connectivity index (χ0n) is 20.0. The average molecular weight is 472 g/mol. The first-order chi connectivity index (χ1) is 17.0. The Morgan fingerprint density at radius 2 is 1.83 bits per heavy atom. The van der Waals surface area contributed by atoms with Gasteiger partial charge in [-0.2, -0.15) is 0 Å². The maximum Gasteiger partial charge on any atom is 0.353 e. The van der Waals surface area contributed by atoms with Gasteiger partial charge in [-0.25, -0.2) is 4.79 Å².